The third-order valence-corrected chi connectivity index (χ3v) is 5.13. The molecule has 1 N–H and O–H groups in total. The van der Waals surface area contributed by atoms with E-state index in [9.17, 15) is 0 Å². The summed E-state index contributed by atoms with van der Waals surface area (Å²) in [5.41, 5.74) is 0. The number of aromatic nitrogens is 3. The Labute approximate surface area is 136 Å². The second-order valence-electron chi connectivity index (χ2n) is 6.72. The molecule has 0 aromatic carbocycles. The van der Waals surface area contributed by atoms with Gasteiger partial charge in [0.15, 0.2) is 11.6 Å². The molecule has 1 aromatic heterocycles. The zero-order valence-corrected chi connectivity index (χ0v) is 13.5. The monoisotopic (exact) mass is 319 g/mol. The van der Waals surface area contributed by atoms with Gasteiger partial charge in [0.05, 0.1) is 19.4 Å². The molecule has 0 unspecified atom stereocenters. The van der Waals surface area contributed by atoms with Crippen LogP contribution in [-0.2, 0) is 9.47 Å². The maximum Gasteiger partial charge on any atom is 0.247 e. The van der Waals surface area contributed by atoms with E-state index in [1.165, 1.54) is 32.1 Å². The molecular formula is C16H25N5O2. The predicted molar refractivity (Wildman–Crippen MR) is 86.4 cm³/mol. The van der Waals surface area contributed by atoms with Crippen molar-refractivity contribution in [1.29, 1.82) is 0 Å². The summed E-state index contributed by atoms with van der Waals surface area (Å²) in [5.74, 6) is 1.19. The Morgan fingerprint density at radius 2 is 1.83 bits per heavy atom. The smallest absolute Gasteiger partial charge is 0.247 e. The van der Waals surface area contributed by atoms with Gasteiger partial charge in [0, 0.05) is 32.0 Å². The van der Waals surface area contributed by atoms with Crippen LogP contribution in [0.25, 0.3) is 0 Å². The van der Waals surface area contributed by atoms with E-state index in [1.807, 2.05) is 0 Å². The van der Waals surface area contributed by atoms with Gasteiger partial charge in [-0.15, -0.1) is 5.10 Å². The van der Waals surface area contributed by atoms with Crippen LogP contribution >= 0.6 is 0 Å². The lowest BCUT2D eigenvalue weighted by atomic mass is 9.96. The Kier molecular flexibility index (Phi) is 4.31. The minimum Gasteiger partial charge on any atom is -0.366 e. The van der Waals surface area contributed by atoms with Gasteiger partial charge in [0.2, 0.25) is 5.95 Å². The SMILES string of the molecule is c1nnc(N2CCC3(CC2)OCCO3)nc1NC1CCCCC1. The lowest BCUT2D eigenvalue weighted by Crippen LogP contribution is -2.45. The summed E-state index contributed by atoms with van der Waals surface area (Å²) >= 11 is 0. The topological polar surface area (TPSA) is 72.4 Å². The number of piperidine rings is 1. The van der Waals surface area contributed by atoms with E-state index in [1.54, 1.807) is 6.20 Å². The molecule has 23 heavy (non-hydrogen) atoms. The average molecular weight is 319 g/mol. The van der Waals surface area contributed by atoms with Crippen LogP contribution in [0.15, 0.2) is 6.20 Å². The summed E-state index contributed by atoms with van der Waals surface area (Å²) in [5, 5.41) is 11.9. The van der Waals surface area contributed by atoms with Crippen molar-refractivity contribution in [3.8, 4) is 0 Å². The van der Waals surface area contributed by atoms with Crippen molar-refractivity contribution in [3.05, 3.63) is 6.20 Å². The van der Waals surface area contributed by atoms with Gasteiger partial charge in [-0.1, -0.05) is 19.3 Å². The maximum absolute atomic E-state index is 5.77. The van der Waals surface area contributed by atoms with Crippen LogP contribution in [0, 0.1) is 0 Å². The van der Waals surface area contributed by atoms with E-state index in [0.717, 1.165) is 31.7 Å². The fourth-order valence-corrected chi connectivity index (χ4v) is 3.79. The summed E-state index contributed by atoms with van der Waals surface area (Å²) in [4.78, 5) is 6.84. The number of nitrogens with zero attached hydrogens (tertiary/aromatic N) is 4. The number of rotatable bonds is 3. The minimum absolute atomic E-state index is 0.359. The quantitative estimate of drug-likeness (QED) is 0.913. The van der Waals surface area contributed by atoms with Gasteiger partial charge in [-0.3, -0.25) is 0 Å². The van der Waals surface area contributed by atoms with Crippen molar-refractivity contribution in [3.63, 3.8) is 0 Å². The summed E-state index contributed by atoms with van der Waals surface area (Å²) < 4.78 is 11.5. The highest BCUT2D eigenvalue weighted by atomic mass is 16.7. The predicted octanol–water partition coefficient (Wildman–Crippen LogP) is 1.96. The minimum atomic E-state index is -0.359. The van der Waals surface area contributed by atoms with Gasteiger partial charge >= 0.3 is 0 Å². The molecule has 3 heterocycles. The molecule has 0 atom stereocenters. The van der Waals surface area contributed by atoms with Crippen molar-refractivity contribution < 1.29 is 9.47 Å². The normalized spacial score (nSPS) is 25.0. The van der Waals surface area contributed by atoms with Crippen molar-refractivity contribution in [2.45, 2.75) is 56.8 Å². The highest BCUT2D eigenvalue weighted by molar-refractivity contribution is 5.40. The number of ether oxygens (including phenoxy) is 2. The lowest BCUT2D eigenvalue weighted by Gasteiger charge is -2.37. The molecule has 1 aliphatic carbocycles. The van der Waals surface area contributed by atoms with Gasteiger partial charge in [-0.05, 0) is 12.8 Å². The zero-order valence-electron chi connectivity index (χ0n) is 13.5. The van der Waals surface area contributed by atoms with Crippen LogP contribution in [0.3, 0.4) is 0 Å². The Morgan fingerprint density at radius 1 is 1.09 bits per heavy atom. The van der Waals surface area contributed by atoms with Gasteiger partial charge in [-0.2, -0.15) is 10.1 Å². The van der Waals surface area contributed by atoms with Gasteiger partial charge < -0.3 is 19.7 Å². The van der Waals surface area contributed by atoms with Crippen molar-refractivity contribution >= 4 is 11.8 Å². The second kappa shape index (κ2) is 6.57. The zero-order chi connectivity index (χ0) is 15.5. The van der Waals surface area contributed by atoms with Crippen LogP contribution in [-0.4, -0.2) is 53.3 Å². The molecule has 2 aliphatic heterocycles. The number of anilines is 2. The average Bonchev–Trinajstić information content (AvgIpc) is 3.05. The second-order valence-corrected chi connectivity index (χ2v) is 6.72. The maximum atomic E-state index is 5.77. The molecular weight excluding hydrogens is 294 g/mol. The third kappa shape index (κ3) is 3.40. The number of hydrogen-bond donors (Lipinski definition) is 1. The standard InChI is InChI=1S/C16H25N5O2/c1-2-4-13(5-3-1)18-14-12-17-20-15(19-14)21-8-6-16(7-9-21)22-10-11-23-16/h12-13H,1-11H2,(H,18,19,20). The van der Waals surface area contributed by atoms with Crippen LogP contribution in [0.4, 0.5) is 11.8 Å². The van der Waals surface area contributed by atoms with E-state index in [0.29, 0.717) is 25.2 Å². The molecule has 1 aromatic rings. The number of hydrogen-bond acceptors (Lipinski definition) is 7. The summed E-state index contributed by atoms with van der Waals surface area (Å²) in [7, 11) is 0. The van der Waals surface area contributed by atoms with E-state index in [4.69, 9.17) is 9.47 Å². The van der Waals surface area contributed by atoms with E-state index in [2.05, 4.69) is 25.4 Å². The van der Waals surface area contributed by atoms with E-state index in [-0.39, 0.29) is 5.79 Å². The van der Waals surface area contributed by atoms with Crippen molar-refractivity contribution in [1.82, 2.24) is 15.2 Å². The van der Waals surface area contributed by atoms with Crippen molar-refractivity contribution in [2.24, 2.45) is 0 Å². The molecule has 4 rings (SSSR count). The van der Waals surface area contributed by atoms with Crippen LogP contribution < -0.4 is 10.2 Å². The molecule has 7 nitrogen and oxygen atoms in total. The summed E-state index contributed by atoms with van der Waals surface area (Å²) in [6.45, 7) is 3.10. The lowest BCUT2D eigenvalue weighted by molar-refractivity contribution is -0.169. The third-order valence-electron chi connectivity index (χ3n) is 5.13. The number of nitrogens with one attached hydrogen (secondary N) is 1. The molecule has 1 saturated carbocycles. The van der Waals surface area contributed by atoms with Gasteiger partial charge in [-0.25, -0.2) is 0 Å². The molecule has 0 amide bonds. The van der Waals surface area contributed by atoms with E-state index < -0.39 is 0 Å². The first kappa shape index (κ1) is 15.1. The molecule has 126 valence electrons. The fraction of sp³-hybridized carbons (Fsp3) is 0.812. The Bertz CT molecular complexity index is 519. The molecule has 2 saturated heterocycles. The molecule has 0 radical (unpaired) electrons. The summed E-state index contributed by atoms with van der Waals surface area (Å²) in [6, 6.07) is 0.526. The molecule has 3 fully saturated rings. The van der Waals surface area contributed by atoms with Gasteiger partial charge in [0.25, 0.3) is 0 Å². The highest BCUT2D eigenvalue weighted by Crippen LogP contribution is 2.32. The first-order valence-electron chi connectivity index (χ1n) is 8.82. The molecule has 7 heteroatoms. The van der Waals surface area contributed by atoms with Crippen LogP contribution in [0.2, 0.25) is 0 Å². The Morgan fingerprint density at radius 3 is 2.57 bits per heavy atom. The fourth-order valence-electron chi connectivity index (χ4n) is 3.79. The largest absolute Gasteiger partial charge is 0.366 e. The summed E-state index contributed by atoms with van der Waals surface area (Å²) in [6.07, 6.45) is 9.85. The first-order valence-corrected chi connectivity index (χ1v) is 8.82. The van der Waals surface area contributed by atoms with Crippen LogP contribution in [0.1, 0.15) is 44.9 Å². The highest BCUT2D eigenvalue weighted by Gasteiger charge is 2.40. The van der Waals surface area contributed by atoms with Gasteiger partial charge in [0.1, 0.15) is 0 Å². The van der Waals surface area contributed by atoms with Crippen molar-refractivity contribution in [2.75, 3.05) is 36.5 Å². The Balaban J connectivity index is 1.38. The first-order chi connectivity index (χ1) is 11.3. The molecule has 1 spiro atoms. The molecule has 0 bridgehead atoms. The van der Waals surface area contributed by atoms with Crippen LogP contribution in [0.5, 0.6) is 0 Å². The Hall–Kier alpha value is -1.47. The van der Waals surface area contributed by atoms with E-state index >= 15 is 0 Å². The molecule has 3 aliphatic rings.